The van der Waals surface area contributed by atoms with Gasteiger partial charge in [-0.25, -0.2) is 4.39 Å². The summed E-state index contributed by atoms with van der Waals surface area (Å²) in [5, 5.41) is 2.19. The van der Waals surface area contributed by atoms with Gasteiger partial charge in [0.1, 0.15) is 5.82 Å². The second kappa shape index (κ2) is 7.48. The summed E-state index contributed by atoms with van der Waals surface area (Å²) >= 11 is 0. The Balaban J connectivity index is 1.38. The lowest BCUT2D eigenvalue weighted by Gasteiger charge is -2.34. The highest BCUT2D eigenvalue weighted by Crippen LogP contribution is 2.29. The molecule has 0 amide bonds. The Morgan fingerprint density at radius 1 is 1.10 bits per heavy atom. The van der Waals surface area contributed by atoms with Crippen LogP contribution in [0.15, 0.2) is 60.9 Å². The lowest BCUT2D eigenvalue weighted by atomic mass is 10.0. The van der Waals surface area contributed by atoms with Gasteiger partial charge in [-0.2, -0.15) is 0 Å². The molecule has 2 aromatic heterocycles. The summed E-state index contributed by atoms with van der Waals surface area (Å²) < 4.78 is 14.3. The van der Waals surface area contributed by atoms with Gasteiger partial charge in [0, 0.05) is 35.8 Å². The van der Waals surface area contributed by atoms with Gasteiger partial charge < -0.3 is 14.8 Å². The van der Waals surface area contributed by atoms with Crippen molar-refractivity contribution in [1.29, 1.82) is 0 Å². The normalized spacial score (nSPS) is 14.2. The van der Waals surface area contributed by atoms with Gasteiger partial charge in [0.25, 0.3) is 0 Å². The molecule has 0 atom stereocenters. The molecule has 0 bridgehead atoms. The summed E-state index contributed by atoms with van der Waals surface area (Å²) in [5.41, 5.74) is 6.19. The van der Waals surface area contributed by atoms with Gasteiger partial charge in [-0.15, -0.1) is 0 Å². The molecule has 0 saturated carbocycles. The summed E-state index contributed by atoms with van der Waals surface area (Å²) in [6.07, 6.45) is 7.08. The Labute approximate surface area is 175 Å². The highest BCUT2D eigenvalue weighted by molar-refractivity contribution is 5.91. The SMILES string of the molecule is Cc1[nH]c2c(F)ccc(C)c2c1CCN1C=CCN(c2cccc3cccnc23)C1. The maximum Gasteiger partial charge on any atom is 0.147 e. The second-order valence-electron chi connectivity index (χ2n) is 8.01. The minimum atomic E-state index is -0.183. The minimum absolute atomic E-state index is 0.183. The molecular formula is C25H25FN4. The van der Waals surface area contributed by atoms with E-state index in [2.05, 4.69) is 63.2 Å². The summed E-state index contributed by atoms with van der Waals surface area (Å²) in [7, 11) is 0. The molecule has 0 fully saturated rings. The zero-order chi connectivity index (χ0) is 20.7. The molecule has 0 unspecified atom stereocenters. The summed E-state index contributed by atoms with van der Waals surface area (Å²) in [5.74, 6) is -0.183. The predicted octanol–water partition coefficient (Wildman–Crippen LogP) is 5.31. The van der Waals surface area contributed by atoms with Gasteiger partial charge >= 0.3 is 0 Å². The molecule has 1 aliphatic rings. The van der Waals surface area contributed by atoms with Crippen LogP contribution >= 0.6 is 0 Å². The first-order valence-electron chi connectivity index (χ1n) is 10.4. The fourth-order valence-electron chi connectivity index (χ4n) is 4.52. The monoisotopic (exact) mass is 400 g/mol. The number of nitrogens with one attached hydrogen (secondary N) is 1. The maximum absolute atomic E-state index is 14.3. The third kappa shape index (κ3) is 3.20. The average Bonchev–Trinajstić information content (AvgIpc) is 3.12. The Bertz CT molecular complexity index is 1250. The quantitative estimate of drug-likeness (QED) is 0.504. The Hall–Kier alpha value is -3.34. The molecule has 4 aromatic rings. The molecule has 1 aliphatic heterocycles. The Morgan fingerprint density at radius 2 is 1.97 bits per heavy atom. The van der Waals surface area contributed by atoms with Crippen LogP contribution in [-0.2, 0) is 6.42 Å². The number of hydrogen-bond acceptors (Lipinski definition) is 3. The maximum atomic E-state index is 14.3. The number of rotatable bonds is 4. The number of nitrogens with zero attached hydrogens (tertiary/aromatic N) is 3. The third-order valence-electron chi connectivity index (χ3n) is 6.03. The van der Waals surface area contributed by atoms with Gasteiger partial charge in [-0.3, -0.25) is 4.98 Å². The number of aryl methyl sites for hydroxylation is 2. The molecule has 30 heavy (non-hydrogen) atoms. The zero-order valence-corrected chi connectivity index (χ0v) is 17.3. The van der Waals surface area contributed by atoms with Crippen molar-refractivity contribution in [3.05, 3.63) is 83.6 Å². The molecule has 5 heteroatoms. The van der Waals surface area contributed by atoms with Crippen molar-refractivity contribution in [2.45, 2.75) is 20.3 Å². The number of halogens is 1. The van der Waals surface area contributed by atoms with E-state index in [-0.39, 0.29) is 5.82 Å². The van der Waals surface area contributed by atoms with Crippen LogP contribution in [0.5, 0.6) is 0 Å². The van der Waals surface area contributed by atoms with Crippen molar-refractivity contribution in [3.63, 3.8) is 0 Å². The fraction of sp³-hybridized carbons (Fsp3) is 0.240. The molecule has 152 valence electrons. The van der Waals surface area contributed by atoms with Crippen LogP contribution < -0.4 is 4.90 Å². The van der Waals surface area contributed by atoms with Crippen LogP contribution in [0.3, 0.4) is 0 Å². The number of pyridine rings is 1. The molecule has 1 N–H and O–H groups in total. The van der Waals surface area contributed by atoms with E-state index in [0.717, 1.165) is 59.4 Å². The van der Waals surface area contributed by atoms with Crippen LogP contribution in [0.1, 0.15) is 16.8 Å². The van der Waals surface area contributed by atoms with Crippen LogP contribution in [0.4, 0.5) is 10.1 Å². The van der Waals surface area contributed by atoms with Gasteiger partial charge in [0.2, 0.25) is 0 Å². The number of aromatic nitrogens is 2. The van der Waals surface area contributed by atoms with Gasteiger partial charge in [-0.05, 0) is 61.9 Å². The fourth-order valence-corrected chi connectivity index (χ4v) is 4.52. The van der Waals surface area contributed by atoms with Crippen molar-refractivity contribution in [3.8, 4) is 0 Å². The summed E-state index contributed by atoms with van der Waals surface area (Å²) in [6, 6.07) is 13.8. The van der Waals surface area contributed by atoms with E-state index in [9.17, 15) is 4.39 Å². The van der Waals surface area contributed by atoms with Crippen molar-refractivity contribution < 1.29 is 4.39 Å². The zero-order valence-electron chi connectivity index (χ0n) is 17.3. The largest absolute Gasteiger partial charge is 0.360 e. The van der Waals surface area contributed by atoms with Crippen molar-refractivity contribution >= 4 is 27.5 Å². The lowest BCUT2D eigenvalue weighted by molar-refractivity contribution is 0.366. The average molecular weight is 401 g/mol. The van der Waals surface area contributed by atoms with Crippen LogP contribution in [0.2, 0.25) is 0 Å². The van der Waals surface area contributed by atoms with E-state index in [1.54, 1.807) is 6.07 Å². The van der Waals surface area contributed by atoms with E-state index in [1.807, 2.05) is 25.3 Å². The van der Waals surface area contributed by atoms with E-state index in [0.29, 0.717) is 5.52 Å². The number of hydrogen-bond donors (Lipinski definition) is 1. The van der Waals surface area contributed by atoms with Crippen molar-refractivity contribution in [2.75, 3.05) is 24.7 Å². The van der Waals surface area contributed by atoms with Crippen molar-refractivity contribution in [1.82, 2.24) is 14.9 Å². The van der Waals surface area contributed by atoms with E-state index < -0.39 is 0 Å². The standard InChI is InChI=1S/C25H25FN4/c1-17-9-10-21(26)25-23(17)20(18(2)28-25)11-15-29-13-5-14-30(16-29)22-8-3-6-19-7-4-12-27-24(19)22/h3-10,12-13,28H,11,14-16H2,1-2H3. The highest BCUT2D eigenvalue weighted by atomic mass is 19.1. The molecule has 0 aliphatic carbocycles. The third-order valence-corrected chi connectivity index (χ3v) is 6.03. The molecule has 2 aromatic carbocycles. The van der Waals surface area contributed by atoms with Crippen LogP contribution in [0, 0.1) is 19.7 Å². The Morgan fingerprint density at radius 3 is 2.87 bits per heavy atom. The molecule has 0 spiro atoms. The molecular weight excluding hydrogens is 375 g/mol. The molecule has 4 nitrogen and oxygen atoms in total. The van der Waals surface area contributed by atoms with E-state index in [1.165, 1.54) is 5.56 Å². The molecule has 0 radical (unpaired) electrons. The summed E-state index contributed by atoms with van der Waals surface area (Å²) in [6.45, 7) is 6.63. The summed E-state index contributed by atoms with van der Waals surface area (Å²) in [4.78, 5) is 12.5. The second-order valence-corrected chi connectivity index (χ2v) is 8.01. The van der Waals surface area contributed by atoms with Crippen molar-refractivity contribution in [2.24, 2.45) is 0 Å². The van der Waals surface area contributed by atoms with Crippen LogP contribution in [-0.4, -0.2) is 34.6 Å². The predicted molar refractivity (Wildman–Crippen MR) is 121 cm³/mol. The first kappa shape index (κ1) is 18.7. The lowest BCUT2D eigenvalue weighted by Crippen LogP contribution is -2.39. The van der Waals surface area contributed by atoms with Crippen LogP contribution in [0.25, 0.3) is 21.8 Å². The first-order valence-corrected chi connectivity index (χ1v) is 10.4. The number of para-hydroxylation sites is 1. The number of H-pyrrole nitrogens is 1. The molecule has 0 saturated heterocycles. The van der Waals surface area contributed by atoms with Gasteiger partial charge in [-0.1, -0.05) is 24.3 Å². The molecule has 3 heterocycles. The number of aromatic amines is 1. The topological polar surface area (TPSA) is 35.2 Å². The number of benzene rings is 2. The minimum Gasteiger partial charge on any atom is -0.360 e. The Kier molecular flexibility index (Phi) is 4.66. The number of anilines is 1. The van der Waals surface area contributed by atoms with E-state index in [4.69, 9.17) is 0 Å². The van der Waals surface area contributed by atoms with Gasteiger partial charge in [0.05, 0.1) is 23.4 Å². The van der Waals surface area contributed by atoms with Gasteiger partial charge in [0.15, 0.2) is 0 Å². The smallest absolute Gasteiger partial charge is 0.147 e. The van der Waals surface area contributed by atoms with E-state index >= 15 is 0 Å². The number of fused-ring (bicyclic) bond motifs is 2. The molecule has 5 rings (SSSR count). The highest BCUT2D eigenvalue weighted by Gasteiger charge is 2.18. The first-order chi connectivity index (χ1) is 14.6.